The number of ether oxygens (including phenoxy) is 2. The Balaban J connectivity index is 0.000000211. The molecule has 0 bridgehead atoms. The quantitative estimate of drug-likeness (QED) is 0.783. The number of carbonyl (C=O) groups excluding carboxylic acids is 2. The van der Waals surface area contributed by atoms with Crippen molar-refractivity contribution < 1.29 is 19.1 Å². The minimum absolute atomic E-state index is 0.0142. The minimum Gasteiger partial charge on any atom is -0.469 e. The van der Waals surface area contributed by atoms with E-state index in [2.05, 4.69) is 9.47 Å². The van der Waals surface area contributed by atoms with Gasteiger partial charge in [-0.25, -0.2) is 4.79 Å². The van der Waals surface area contributed by atoms with Gasteiger partial charge >= 0.3 is 11.9 Å². The van der Waals surface area contributed by atoms with E-state index in [1.165, 1.54) is 33.5 Å². The van der Waals surface area contributed by atoms with E-state index in [1.807, 2.05) is 25.1 Å². The first kappa shape index (κ1) is 17.2. The van der Waals surface area contributed by atoms with Crippen molar-refractivity contribution in [2.24, 2.45) is 5.92 Å². The van der Waals surface area contributed by atoms with Gasteiger partial charge in [0.05, 0.1) is 25.7 Å². The lowest BCUT2D eigenvalue weighted by molar-refractivity contribution is -0.146. The van der Waals surface area contributed by atoms with Crippen LogP contribution < -0.4 is 0 Å². The lowest BCUT2D eigenvalue weighted by Crippen LogP contribution is -2.18. The second kappa shape index (κ2) is 9.16. The number of aryl methyl sites for hydroxylation is 1. The number of benzene rings is 1. The van der Waals surface area contributed by atoms with E-state index in [-0.39, 0.29) is 17.9 Å². The Bertz CT molecular complexity index is 462. The van der Waals surface area contributed by atoms with Gasteiger partial charge in [-0.2, -0.15) is 0 Å². The molecule has 0 amide bonds. The van der Waals surface area contributed by atoms with Crippen LogP contribution in [0.15, 0.2) is 24.3 Å². The maximum absolute atomic E-state index is 11.0. The molecule has 1 aromatic rings. The van der Waals surface area contributed by atoms with Gasteiger partial charge in [0, 0.05) is 0 Å². The van der Waals surface area contributed by atoms with Crippen molar-refractivity contribution in [3.63, 3.8) is 0 Å². The third-order valence-electron chi connectivity index (χ3n) is 3.69. The topological polar surface area (TPSA) is 52.6 Å². The van der Waals surface area contributed by atoms with Gasteiger partial charge in [0.1, 0.15) is 0 Å². The third-order valence-corrected chi connectivity index (χ3v) is 3.69. The van der Waals surface area contributed by atoms with E-state index in [9.17, 15) is 9.59 Å². The highest BCUT2D eigenvalue weighted by molar-refractivity contribution is 5.90. The summed E-state index contributed by atoms with van der Waals surface area (Å²) >= 11 is 0. The second-order valence-corrected chi connectivity index (χ2v) is 5.16. The van der Waals surface area contributed by atoms with E-state index in [4.69, 9.17) is 0 Å². The average Bonchev–Trinajstić information content (AvgIpc) is 2.55. The summed E-state index contributed by atoms with van der Waals surface area (Å²) in [6.07, 6.45) is 5.74. The predicted molar refractivity (Wildman–Crippen MR) is 81.1 cm³/mol. The van der Waals surface area contributed by atoms with Crippen molar-refractivity contribution >= 4 is 11.9 Å². The van der Waals surface area contributed by atoms with E-state index in [0.717, 1.165) is 18.4 Å². The maximum Gasteiger partial charge on any atom is 0.338 e. The molecule has 0 N–H and O–H groups in total. The number of carbonyl (C=O) groups is 2. The van der Waals surface area contributed by atoms with Gasteiger partial charge in [-0.3, -0.25) is 4.79 Å². The lowest BCUT2D eigenvalue weighted by atomic mass is 9.89. The summed E-state index contributed by atoms with van der Waals surface area (Å²) in [5.74, 6) is -0.0819. The van der Waals surface area contributed by atoms with E-state index < -0.39 is 0 Å². The van der Waals surface area contributed by atoms with Gasteiger partial charge < -0.3 is 9.47 Å². The predicted octanol–water partition coefficient (Wildman–Crippen LogP) is 3.52. The zero-order valence-corrected chi connectivity index (χ0v) is 13.1. The van der Waals surface area contributed by atoms with Crippen LogP contribution >= 0.6 is 0 Å². The van der Waals surface area contributed by atoms with Crippen molar-refractivity contribution in [3.05, 3.63) is 35.4 Å². The van der Waals surface area contributed by atoms with Crippen molar-refractivity contribution in [1.82, 2.24) is 0 Å². The van der Waals surface area contributed by atoms with Crippen LogP contribution in [0.1, 0.15) is 48.0 Å². The molecule has 0 aliphatic heterocycles. The fourth-order valence-electron chi connectivity index (χ4n) is 2.42. The largest absolute Gasteiger partial charge is 0.469 e. The van der Waals surface area contributed by atoms with Crippen LogP contribution in [-0.2, 0) is 14.3 Å². The summed E-state index contributed by atoms with van der Waals surface area (Å²) < 4.78 is 9.23. The molecule has 0 spiro atoms. The maximum atomic E-state index is 11.0. The molecule has 0 heterocycles. The number of rotatable bonds is 2. The van der Waals surface area contributed by atoms with Crippen molar-refractivity contribution in [2.45, 2.75) is 39.0 Å². The van der Waals surface area contributed by atoms with Crippen molar-refractivity contribution in [1.29, 1.82) is 0 Å². The van der Waals surface area contributed by atoms with Gasteiger partial charge in [-0.05, 0) is 31.4 Å². The van der Waals surface area contributed by atoms with Gasteiger partial charge in [-0.1, -0.05) is 37.5 Å². The number of hydrogen-bond acceptors (Lipinski definition) is 4. The molecule has 0 unspecified atom stereocenters. The fourth-order valence-corrected chi connectivity index (χ4v) is 2.42. The molecule has 0 saturated heterocycles. The molecule has 4 nitrogen and oxygen atoms in total. The van der Waals surface area contributed by atoms with Crippen LogP contribution in [0.3, 0.4) is 0 Å². The Morgan fingerprint density at radius 2 is 1.62 bits per heavy atom. The first-order chi connectivity index (χ1) is 10.1. The van der Waals surface area contributed by atoms with Gasteiger partial charge in [0.15, 0.2) is 0 Å². The number of hydrogen-bond donors (Lipinski definition) is 0. The molecule has 0 aromatic heterocycles. The molecule has 1 aliphatic carbocycles. The Labute approximate surface area is 126 Å². The molecule has 0 atom stereocenters. The summed E-state index contributed by atoms with van der Waals surface area (Å²) in [5, 5.41) is 0. The normalized spacial score (nSPS) is 14.6. The molecular formula is C17H24O4. The molecule has 1 aromatic carbocycles. The van der Waals surface area contributed by atoms with Gasteiger partial charge in [0.25, 0.3) is 0 Å². The zero-order chi connectivity index (χ0) is 15.7. The van der Waals surface area contributed by atoms with Crippen LogP contribution in [0.25, 0.3) is 0 Å². The second-order valence-electron chi connectivity index (χ2n) is 5.16. The molecular weight excluding hydrogens is 268 g/mol. The zero-order valence-electron chi connectivity index (χ0n) is 13.1. The highest BCUT2D eigenvalue weighted by Gasteiger charge is 2.20. The number of methoxy groups -OCH3 is 2. The van der Waals surface area contributed by atoms with Crippen LogP contribution in [0, 0.1) is 12.8 Å². The van der Waals surface area contributed by atoms with Crippen molar-refractivity contribution in [3.8, 4) is 0 Å². The fraction of sp³-hybridized carbons (Fsp3) is 0.529. The lowest BCUT2D eigenvalue weighted by Gasteiger charge is -2.18. The summed E-state index contributed by atoms with van der Waals surface area (Å²) in [7, 11) is 2.85. The van der Waals surface area contributed by atoms with Crippen LogP contribution in [0.2, 0.25) is 0 Å². The minimum atomic E-state index is -0.275. The highest BCUT2D eigenvalue weighted by Crippen LogP contribution is 2.24. The summed E-state index contributed by atoms with van der Waals surface area (Å²) in [5.41, 5.74) is 1.58. The monoisotopic (exact) mass is 292 g/mol. The highest BCUT2D eigenvalue weighted by atomic mass is 16.5. The summed E-state index contributed by atoms with van der Waals surface area (Å²) in [6.45, 7) is 1.88. The van der Waals surface area contributed by atoms with E-state index in [1.54, 1.807) is 6.07 Å². The van der Waals surface area contributed by atoms with Crippen molar-refractivity contribution in [2.75, 3.05) is 14.2 Å². The van der Waals surface area contributed by atoms with Crippen LogP contribution in [-0.4, -0.2) is 26.2 Å². The summed E-state index contributed by atoms with van der Waals surface area (Å²) in [4.78, 5) is 22.0. The van der Waals surface area contributed by atoms with E-state index >= 15 is 0 Å². The Kier molecular flexibility index (Phi) is 7.51. The molecule has 4 heteroatoms. The smallest absolute Gasteiger partial charge is 0.338 e. The third kappa shape index (κ3) is 5.58. The Hall–Kier alpha value is -1.84. The first-order valence-corrected chi connectivity index (χ1v) is 7.32. The Morgan fingerprint density at radius 3 is 2.14 bits per heavy atom. The molecule has 116 valence electrons. The average molecular weight is 292 g/mol. The molecule has 21 heavy (non-hydrogen) atoms. The molecule has 2 rings (SSSR count). The van der Waals surface area contributed by atoms with Gasteiger partial charge in [-0.15, -0.1) is 0 Å². The molecule has 1 saturated carbocycles. The van der Waals surface area contributed by atoms with Crippen LogP contribution in [0.4, 0.5) is 0 Å². The number of esters is 2. The Morgan fingerprint density at radius 1 is 1.00 bits per heavy atom. The molecule has 1 fully saturated rings. The SMILES string of the molecule is COC(=O)C1CCCCC1.COC(=O)c1ccccc1C. The van der Waals surface area contributed by atoms with Gasteiger partial charge in [0.2, 0.25) is 0 Å². The molecule has 0 radical (unpaired) electrons. The van der Waals surface area contributed by atoms with Crippen LogP contribution in [0.5, 0.6) is 0 Å². The van der Waals surface area contributed by atoms with E-state index in [0.29, 0.717) is 5.56 Å². The standard InChI is InChI=1S/C9H10O2.C8H14O2/c1-7-5-3-4-6-8(7)9(10)11-2;1-10-8(9)7-5-3-2-4-6-7/h3-6H,1-2H3;7H,2-6H2,1H3. The first-order valence-electron chi connectivity index (χ1n) is 7.32. The summed E-state index contributed by atoms with van der Waals surface area (Å²) in [6, 6.07) is 7.34. The molecule has 1 aliphatic rings.